The van der Waals surface area contributed by atoms with E-state index in [0.717, 1.165) is 27.6 Å². The smallest absolute Gasteiger partial charge is 0.251 e. The molecule has 0 radical (unpaired) electrons. The zero-order valence-electron chi connectivity index (χ0n) is 18.5. The van der Waals surface area contributed by atoms with Gasteiger partial charge in [-0.15, -0.1) is 0 Å². The molecule has 0 unspecified atom stereocenters. The summed E-state index contributed by atoms with van der Waals surface area (Å²) in [6, 6.07) is 22.2. The summed E-state index contributed by atoms with van der Waals surface area (Å²) in [4.78, 5) is 20.4. The number of carbonyl (C=O) groups excluding carboxylic acids is 1. The molecule has 1 heterocycles. The third-order valence-electron chi connectivity index (χ3n) is 6.45. The number of hydrogen-bond donors (Lipinski definition) is 1. The molecule has 168 valence electrons. The number of hydrogen-bond acceptors (Lipinski definition) is 3. The van der Waals surface area contributed by atoms with Crippen molar-refractivity contribution >= 4 is 40.7 Å². The molecule has 0 aromatic heterocycles. The summed E-state index contributed by atoms with van der Waals surface area (Å²) in [6.45, 7) is 0.578. The van der Waals surface area contributed by atoms with Crippen LogP contribution < -0.4 is 5.32 Å². The molecule has 1 aliphatic heterocycles. The van der Waals surface area contributed by atoms with Gasteiger partial charge >= 0.3 is 0 Å². The van der Waals surface area contributed by atoms with Crippen LogP contribution in [-0.2, 0) is 6.42 Å². The van der Waals surface area contributed by atoms with Crippen LogP contribution in [0.3, 0.4) is 0 Å². The molecule has 3 aromatic carbocycles. The van der Waals surface area contributed by atoms with Crippen molar-refractivity contribution in [3.63, 3.8) is 0 Å². The van der Waals surface area contributed by atoms with E-state index in [1.54, 1.807) is 11.8 Å². The number of carbonyl (C=O) groups is 1. The molecule has 2 aliphatic rings. The number of amides is 1. The molecule has 1 N–H and O–H groups in total. The summed E-state index contributed by atoms with van der Waals surface area (Å²) in [6.07, 6.45) is 7.00. The standard InChI is InChI=1S/C28H27ClN2OS/c29-22-13-10-19(11-14-22)16-17-30-28(32)21-12-15-26-24(18-21)31-27(20-6-2-1-3-7-20)23-8-4-5-9-25(23)33-26/h4-5,8-15,18,20H,1-3,6-7,16-17H2,(H,30,32). The second-order valence-electron chi connectivity index (χ2n) is 8.75. The maximum absolute atomic E-state index is 12.9. The van der Waals surface area contributed by atoms with E-state index >= 15 is 0 Å². The molecule has 1 amide bonds. The van der Waals surface area contributed by atoms with Gasteiger partial charge in [0.2, 0.25) is 0 Å². The predicted molar refractivity (Wildman–Crippen MR) is 137 cm³/mol. The number of halogens is 1. The van der Waals surface area contributed by atoms with Crippen molar-refractivity contribution in [2.24, 2.45) is 10.9 Å². The normalized spacial score (nSPS) is 15.7. The first-order valence-corrected chi connectivity index (χ1v) is 12.9. The number of rotatable bonds is 5. The van der Waals surface area contributed by atoms with Crippen LogP contribution in [0.4, 0.5) is 5.69 Å². The fourth-order valence-corrected chi connectivity index (χ4v) is 5.81. The van der Waals surface area contributed by atoms with Crippen molar-refractivity contribution < 1.29 is 4.79 Å². The second kappa shape index (κ2) is 10.1. The Bertz CT molecular complexity index is 1180. The van der Waals surface area contributed by atoms with Gasteiger partial charge in [-0.25, -0.2) is 0 Å². The van der Waals surface area contributed by atoms with Gasteiger partial charge in [-0.2, -0.15) is 0 Å². The Labute approximate surface area is 204 Å². The van der Waals surface area contributed by atoms with Gasteiger partial charge in [0.1, 0.15) is 0 Å². The minimum absolute atomic E-state index is 0.0621. The van der Waals surface area contributed by atoms with Crippen molar-refractivity contribution in [2.45, 2.75) is 48.3 Å². The Morgan fingerprint density at radius 3 is 2.58 bits per heavy atom. The average molecular weight is 475 g/mol. The summed E-state index contributed by atoms with van der Waals surface area (Å²) < 4.78 is 0. The van der Waals surface area contributed by atoms with Gasteiger partial charge in [-0.3, -0.25) is 9.79 Å². The van der Waals surface area contributed by atoms with Crippen LogP contribution in [0.1, 0.15) is 53.6 Å². The molecule has 1 fully saturated rings. The Morgan fingerprint density at radius 2 is 1.76 bits per heavy atom. The molecule has 0 spiro atoms. The Morgan fingerprint density at radius 1 is 0.970 bits per heavy atom. The van der Waals surface area contributed by atoms with Gasteiger partial charge in [0, 0.05) is 38.4 Å². The van der Waals surface area contributed by atoms with Gasteiger partial charge in [0.15, 0.2) is 0 Å². The Kier molecular flexibility index (Phi) is 6.84. The molecule has 0 atom stereocenters. The highest BCUT2D eigenvalue weighted by atomic mass is 35.5. The highest BCUT2D eigenvalue weighted by Gasteiger charge is 2.26. The number of fused-ring (bicyclic) bond motifs is 2. The molecule has 3 nitrogen and oxygen atoms in total. The number of nitrogens with zero attached hydrogens (tertiary/aromatic N) is 1. The maximum atomic E-state index is 12.9. The molecule has 0 saturated heterocycles. The van der Waals surface area contributed by atoms with Crippen molar-refractivity contribution in [1.82, 2.24) is 5.32 Å². The summed E-state index contributed by atoms with van der Waals surface area (Å²) in [5, 5.41) is 3.77. The lowest BCUT2D eigenvalue weighted by Crippen LogP contribution is -2.25. The number of nitrogens with one attached hydrogen (secondary N) is 1. The van der Waals surface area contributed by atoms with Gasteiger partial charge in [-0.1, -0.05) is 73.0 Å². The van der Waals surface area contributed by atoms with E-state index < -0.39 is 0 Å². The third kappa shape index (κ3) is 5.18. The summed E-state index contributed by atoms with van der Waals surface area (Å²) in [5.41, 5.74) is 5.15. The van der Waals surface area contributed by atoms with Gasteiger partial charge in [0.05, 0.1) is 11.4 Å². The van der Waals surface area contributed by atoms with Crippen molar-refractivity contribution in [1.29, 1.82) is 0 Å². The number of aliphatic imine (C=N–C) groups is 1. The lowest BCUT2D eigenvalue weighted by molar-refractivity contribution is 0.0954. The molecule has 3 aromatic rings. The van der Waals surface area contributed by atoms with E-state index in [2.05, 4.69) is 29.6 Å². The van der Waals surface area contributed by atoms with E-state index in [1.807, 2.05) is 42.5 Å². The molecule has 0 bridgehead atoms. The summed E-state index contributed by atoms with van der Waals surface area (Å²) in [7, 11) is 0. The minimum Gasteiger partial charge on any atom is -0.352 e. The Balaban J connectivity index is 1.37. The lowest BCUT2D eigenvalue weighted by Gasteiger charge is -2.24. The van der Waals surface area contributed by atoms with Gasteiger partial charge in [-0.05, 0) is 61.2 Å². The van der Waals surface area contributed by atoms with Crippen LogP contribution in [0.25, 0.3) is 0 Å². The molecule has 5 rings (SSSR count). The highest BCUT2D eigenvalue weighted by molar-refractivity contribution is 7.99. The third-order valence-corrected chi connectivity index (χ3v) is 7.84. The first-order valence-electron chi connectivity index (χ1n) is 11.7. The topological polar surface area (TPSA) is 41.5 Å². The van der Waals surface area contributed by atoms with Crippen molar-refractivity contribution in [3.8, 4) is 0 Å². The van der Waals surface area contributed by atoms with Crippen LogP contribution in [0, 0.1) is 5.92 Å². The maximum Gasteiger partial charge on any atom is 0.251 e. The van der Waals surface area contributed by atoms with E-state index in [0.29, 0.717) is 18.0 Å². The quantitative estimate of drug-likeness (QED) is 0.416. The average Bonchev–Trinajstić information content (AvgIpc) is 3.02. The van der Waals surface area contributed by atoms with E-state index in [9.17, 15) is 4.79 Å². The molecular formula is C28H27ClN2OS. The van der Waals surface area contributed by atoms with Crippen LogP contribution in [0.2, 0.25) is 5.02 Å². The van der Waals surface area contributed by atoms with Crippen molar-refractivity contribution in [3.05, 3.63) is 88.4 Å². The molecule has 1 aliphatic carbocycles. The highest BCUT2D eigenvalue weighted by Crippen LogP contribution is 2.43. The zero-order valence-corrected chi connectivity index (χ0v) is 20.1. The van der Waals surface area contributed by atoms with E-state index in [-0.39, 0.29) is 5.91 Å². The zero-order chi connectivity index (χ0) is 22.6. The monoisotopic (exact) mass is 474 g/mol. The van der Waals surface area contributed by atoms with Crippen LogP contribution >= 0.6 is 23.4 Å². The molecule has 5 heteroatoms. The predicted octanol–water partition coefficient (Wildman–Crippen LogP) is 7.48. The lowest BCUT2D eigenvalue weighted by atomic mass is 9.83. The summed E-state index contributed by atoms with van der Waals surface area (Å²) in [5.74, 6) is 0.427. The molecule has 33 heavy (non-hydrogen) atoms. The number of benzene rings is 3. The largest absolute Gasteiger partial charge is 0.352 e. The van der Waals surface area contributed by atoms with Crippen LogP contribution in [0.15, 0.2) is 81.5 Å². The molecular weight excluding hydrogens is 448 g/mol. The van der Waals surface area contributed by atoms with Crippen molar-refractivity contribution in [2.75, 3.05) is 6.54 Å². The SMILES string of the molecule is O=C(NCCc1ccc(Cl)cc1)c1ccc2c(c1)N=C(C1CCCCC1)c1ccccc1S2. The Hall–Kier alpha value is -2.56. The first-order chi connectivity index (χ1) is 16.2. The minimum atomic E-state index is -0.0621. The van der Waals surface area contributed by atoms with Gasteiger partial charge in [0.25, 0.3) is 5.91 Å². The first kappa shape index (κ1) is 22.2. The van der Waals surface area contributed by atoms with E-state index in [1.165, 1.54) is 48.3 Å². The molecule has 1 saturated carbocycles. The van der Waals surface area contributed by atoms with Gasteiger partial charge < -0.3 is 5.32 Å². The fourth-order valence-electron chi connectivity index (χ4n) is 4.67. The van der Waals surface area contributed by atoms with E-state index in [4.69, 9.17) is 16.6 Å². The van der Waals surface area contributed by atoms with Crippen LogP contribution in [-0.4, -0.2) is 18.2 Å². The van der Waals surface area contributed by atoms with Crippen LogP contribution in [0.5, 0.6) is 0 Å². The summed E-state index contributed by atoms with van der Waals surface area (Å²) >= 11 is 7.70. The fraction of sp³-hybridized carbons (Fsp3) is 0.286. The second-order valence-corrected chi connectivity index (χ2v) is 10.3.